The van der Waals surface area contributed by atoms with Gasteiger partial charge in [0.15, 0.2) is 0 Å². The molecule has 0 saturated carbocycles. The maximum absolute atomic E-state index is 13.2. The van der Waals surface area contributed by atoms with Crippen LogP contribution in [0.4, 0.5) is 14.9 Å². The van der Waals surface area contributed by atoms with Crippen molar-refractivity contribution in [1.29, 1.82) is 0 Å². The molecule has 2 amide bonds. The Morgan fingerprint density at radius 1 is 1.29 bits per heavy atom. The Kier molecular flexibility index (Phi) is 5.92. The van der Waals surface area contributed by atoms with E-state index in [2.05, 4.69) is 10.6 Å². The van der Waals surface area contributed by atoms with E-state index in [4.69, 9.17) is 21.8 Å². The van der Waals surface area contributed by atoms with Gasteiger partial charge in [0, 0.05) is 12.1 Å². The molecule has 1 aromatic rings. The number of benzene rings is 1. The average molecular weight is 319 g/mol. The minimum Gasteiger partial charge on any atom is -0.481 e. The van der Waals surface area contributed by atoms with Crippen LogP contribution in [-0.2, 0) is 9.59 Å². The van der Waals surface area contributed by atoms with E-state index in [0.717, 1.165) is 6.07 Å². The Hall–Kier alpha value is -2.35. The van der Waals surface area contributed by atoms with Gasteiger partial charge in [0.2, 0.25) is 0 Å². The molecule has 0 aromatic heterocycles. The number of urea groups is 1. The molecular weight excluding hydrogens is 307 g/mol. The predicted molar refractivity (Wildman–Crippen MR) is 71.9 cm³/mol. The van der Waals surface area contributed by atoms with Gasteiger partial charge in [-0.15, -0.1) is 0 Å². The van der Waals surface area contributed by atoms with E-state index in [9.17, 15) is 18.8 Å². The molecule has 0 fully saturated rings. The maximum atomic E-state index is 13.2. The number of halogens is 2. The van der Waals surface area contributed by atoms with Gasteiger partial charge in [-0.3, -0.25) is 4.79 Å². The van der Waals surface area contributed by atoms with Crippen molar-refractivity contribution in [1.82, 2.24) is 5.32 Å². The van der Waals surface area contributed by atoms with Gasteiger partial charge in [-0.2, -0.15) is 0 Å². The van der Waals surface area contributed by atoms with Crippen molar-refractivity contribution >= 4 is 35.3 Å². The summed E-state index contributed by atoms with van der Waals surface area (Å²) in [6.07, 6.45) is -0.681. The third-order valence-electron chi connectivity index (χ3n) is 2.43. The van der Waals surface area contributed by atoms with Crippen molar-refractivity contribution in [3.63, 3.8) is 0 Å². The van der Waals surface area contributed by atoms with Crippen molar-refractivity contribution in [3.05, 3.63) is 29.0 Å². The van der Waals surface area contributed by atoms with Crippen LogP contribution < -0.4 is 10.6 Å². The minimum atomic E-state index is -1.37. The minimum absolute atomic E-state index is 0.0803. The van der Waals surface area contributed by atoms with Crippen molar-refractivity contribution in [2.75, 3.05) is 5.32 Å². The van der Waals surface area contributed by atoms with Crippen LogP contribution in [-0.4, -0.2) is 34.2 Å². The number of carboxylic acid groups (broad SMARTS) is 2. The zero-order valence-corrected chi connectivity index (χ0v) is 11.4. The molecule has 0 aliphatic heterocycles. The molecule has 7 nitrogen and oxygen atoms in total. The highest BCUT2D eigenvalue weighted by Crippen LogP contribution is 2.18. The zero-order chi connectivity index (χ0) is 16.0. The summed E-state index contributed by atoms with van der Waals surface area (Å²) in [6.45, 7) is 0. The van der Waals surface area contributed by atoms with Crippen LogP contribution in [0, 0.1) is 5.82 Å². The molecule has 0 aliphatic rings. The molecular formula is C12H12ClFN2O5. The summed E-state index contributed by atoms with van der Waals surface area (Å²) in [6, 6.07) is 1.27. The third kappa shape index (κ3) is 5.65. The highest BCUT2D eigenvalue weighted by Gasteiger charge is 2.21. The van der Waals surface area contributed by atoms with Crippen LogP contribution >= 0.6 is 11.6 Å². The summed E-state index contributed by atoms with van der Waals surface area (Å²) < 4.78 is 13.2. The Morgan fingerprint density at radius 3 is 2.48 bits per heavy atom. The number of anilines is 1. The van der Waals surface area contributed by atoms with Crippen LogP contribution in [0.2, 0.25) is 5.02 Å². The quantitative estimate of drug-likeness (QED) is 0.639. The summed E-state index contributed by atoms with van der Waals surface area (Å²) in [5, 5.41) is 21.6. The Balaban J connectivity index is 2.62. The second-order valence-electron chi connectivity index (χ2n) is 4.05. The Bertz CT molecular complexity index is 567. The number of nitrogens with one attached hydrogen (secondary N) is 2. The van der Waals surface area contributed by atoms with Crippen molar-refractivity contribution in [3.8, 4) is 0 Å². The lowest BCUT2D eigenvalue weighted by Gasteiger charge is -2.14. The molecule has 0 radical (unpaired) electrons. The molecule has 21 heavy (non-hydrogen) atoms. The van der Waals surface area contributed by atoms with Gasteiger partial charge in [0.25, 0.3) is 0 Å². The first-order chi connectivity index (χ1) is 9.79. The van der Waals surface area contributed by atoms with Crippen LogP contribution in [0.5, 0.6) is 0 Å². The van der Waals surface area contributed by atoms with Crippen molar-refractivity contribution < 1.29 is 29.0 Å². The summed E-state index contributed by atoms with van der Waals surface area (Å²) in [4.78, 5) is 32.9. The molecule has 1 atom stereocenters. The zero-order valence-electron chi connectivity index (χ0n) is 10.6. The molecule has 4 N–H and O–H groups in total. The van der Waals surface area contributed by atoms with E-state index < -0.39 is 36.2 Å². The first kappa shape index (κ1) is 16.7. The number of carbonyl (C=O) groups excluding carboxylic acids is 1. The number of hydrogen-bond acceptors (Lipinski definition) is 3. The largest absolute Gasteiger partial charge is 0.481 e. The highest BCUT2D eigenvalue weighted by atomic mass is 35.5. The van der Waals surface area contributed by atoms with E-state index in [1.807, 2.05) is 0 Å². The number of amides is 2. The molecule has 0 heterocycles. The number of hydrogen-bond donors (Lipinski definition) is 4. The molecule has 0 spiro atoms. The van der Waals surface area contributed by atoms with Crippen LogP contribution in [0.1, 0.15) is 12.8 Å². The van der Waals surface area contributed by atoms with Gasteiger partial charge in [0.1, 0.15) is 11.9 Å². The highest BCUT2D eigenvalue weighted by molar-refractivity contribution is 6.30. The summed E-state index contributed by atoms with van der Waals surface area (Å²) >= 11 is 5.48. The van der Waals surface area contributed by atoms with Gasteiger partial charge < -0.3 is 20.8 Å². The normalized spacial score (nSPS) is 11.5. The smallest absolute Gasteiger partial charge is 0.326 e. The Morgan fingerprint density at radius 2 is 1.95 bits per heavy atom. The van der Waals surface area contributed by atoms with Crippen LogP contribution in [0.15, 0.2) is 18.2 Å². The molecule has 114 valence electrons. The Labute approximate surface area is 123 Å². The predicted octanol–water partition coefficient (Wildman–Crippen LogP) is 1.92. The second kappa shape index (κ2) is 7.44. The molecule has 1 rings (SSSR count). The van der Waals surface area contributed by atoms with Gasteiger partial charge >= 0.3 is 18.0 Å². The molecule has 9 heteroatoms. The topological polar surface area (TPSA) is 116 Å². The first-order valence-corrected chi connectivity index (χ1v) is 6.14. The lowest BCUT2D eigenvalue weighted by molar-refractivity contribution is -0.140. The molecule has 0 bridgehead atoms. The number of rotatable bonds is 6. The number of aliphatic carboxylic acids is 2. The molecule has 1 unspecified atom stereocenters. The average Bonchev–Trinajstić information content (AvgIpc) is 2.38. The fourth-order valence-electron chi connectivity index (χ4n) is 1.42. The van der Waals surface area contributed by atoms with E-state index in [0.29, 0.717) is 0 Å². The van der Waals surface area contributed by atoms with Crippen molar-refractivity contribution in [2.45, 2.75) is 18.9 Å². The third-order valence-corrected chi connectivity index (χ3v) is 2.73. The van der Waals surface area contributed by atoms with Gasteiger partial charge in [-0.25, -0.2) is 14.0 Å². The van der Waals surface area contributed by atoms with E-state index >= 15 is 0 Å². The molecule has 1 aromatic carbocycles. The summed E-state index contributed by atoms with van der Waals surface area (Å²) in [5.74, 6) is -3.29. The second-order valence-corrected chi connectivity index (χ2v) is 4.46. The fraction of sp³-hybridized carbons (Fsp3) is 0.250. The molecule has 0 aliphatic carbocycles. The number of carbonyl (C=O) groups is 3. The van der Waals surface area contributed by atoms with Crippen molar-refractivity contribution in [2.24, 2.45) is 0 Å². The van der Waals surface area contributed by atoms with Crippen LogP contribution in [0.25, 0.3) is 0 Å². The lowest BCUT2D eigenvalue weighted by Crippen LogP contribution is -2.43. The van der Waals surface area contributed by atoms with E-state index in [1.54, 1.807) is 0 Å². The lowest BCUT2D eigenvalue weighted by atomic mass is 10.1. The van der Waals surface area contributed by atoms with Gasteiger partial charge in [-0.1, -0.05) is 11.6 Å². The molecule has 0 saturated heterocycles. The standard InChI is InChI=1S/C12H12ClFN2O5/c13-7-2-1-6(5-8(7)14)15-12(21)16-9(11(19)20)3-4-10(17)18/h1-2,5,9H,3-4H2,(H,17,18)(H,19,20)(H2,15,16,21). The fourth-order valence-corrected chi connectivity index (χ4v) is 1.54. The maximum Gasteiger partial charge on any atom is 0.326 e. The van der Waals surface area contributed by atoms with E-state index in [-0.39, 0.29) is 17.1 Å². The summed E-state index contributed by atoms with van der Waals surface area (Å²) in [5.41, 5.74) is 0.0803. The van der Waals surface area contributed by atoms with Gasteiger partial charge in [-0.05, 0) is 24.6 Å². The SMILES string of the molecule is O=C(O)CCC(NC(=O)Nc1ccc(Cl)c(F)c1)C(=O)O. The van der Waals surface area contributed by atoms with Gasteiger partial charge in [0.05, 0.1) is 5.02 Å². The first-order valence-electron chi connectivity index (χ1n) is 5.76. The van der Waals surface area contributed by atoms with Crippen LogP contribution in [0.3, 0.4) is 0 Å². The number of carboxylic acids is 2. The summed E-state index contributed by atoms with van der Waals surface area (Å²) in [7, 11) is 0. The van der Waals surface area contributed by atoms with E-state index in [1.165, 1.54) is 12.1 Å². The monoisotopic (exact) mass is 318 g/mol.